The molecule has 0 fully saturated rings. The first-order valence-corrected chi connectivity index (χ1v) is 7.31. The summed E-state index contributed by atoms with van der Waals surface area (Å²) in [7, 11) is 0. The van der Waals surface area contributed by atoms with E-state index in [4.69, 9.17) is 0 Å². The van der Waals surface area contributed by atoms with E-state index in [1.165, 1.54) is 0 Å². The van der Waals surface area contributed by atoms with Gasteiger partial charge < -0.3 is 10.6 Å². The number of carbonyl (C=O) groups is 1. The van der Waals surface area contributed by atoms with E-state index in [0.29, 0.717) is 11.4 Å². The van der Waals surface area contributed by atoms with Crippen LogP contribution in [0.3, 0.4) is 0 Å². The van der Waals surface area contributed by atoms with E-state index in [1.807, 2.05) is 5.38 Å². The lowest BCUT2D eigenvalue weighted by Crippen LogP contribution is -2.39. The molecular formula is C14H16N4OS. The highest BCUT2D eigenvalue weighted by atomic mass is 32.1. The third-order valence-electron chi connectivity index (χ3n) is 3.07. The Hall–Kier alpha value is -1.95. The number of pyridine rings is 1. The molecule has 0 aromatic carbocycles. The molecule has 0 aliphatic carbocycles. The molecule has 5 nitrogen and oxygen atoms in total. The number of fused-ring (bicyclic) bond motifs is 1. The van der Waals surface area contributed by atoms with Crippen molar-refractivity contribution in [2.45, 2.75) is 32.4 Å². The molecule has 0 radical (unpaired) electrons. The number of amides is 1. The summed E-state index contributed by atoms with van der Waals surface area (Å²) in [6, 6.07) is 3.50. The van der Waals surface area contributed by atoms with Gasteiger partial charge in [0.1, 0.15) is 12.0 Å². The highest BCUT2D eigenvalue weighted by Gasteiger charge is 2.28. The van der Waals surface area contributed by atoms with Crippen LogP contribution in [0.25, 0.3) is 0 Å². The summed E-state index contributed by atoms with van der Waals surface area (Å²) in [6.07, 6.45) is 1.35. The van der Waals surface area contributed by atoms with Gasteiger partial charge in [-0.2, -0.15) is 0 Å². The number of rotatable bonds is 1. The second-order valence-corrected chi connectivity index (χ2v) is 6.64. The summed E-state index contributed by atoms with van der Waals surface area (Å²) in [5, 5.41) is 9.15. The number of hydrogen-bond donors (Lipinski definition) is 2. The molecule has 2 N–H and O–H groups in total. The van der Waals surface area contributed by atoms with Crippen molar-refractivity contribution in [3.8, 4) is 0 Å². The van der Waals surface area contributed by atoms with Crippen molar-refractivity contribution in [3.05, 3.63) is 40.0 Å². The van der Waals surface area contributed by atoms with Crippen LogP contribution in [0.15, 0.2) is 23.7 Å². The van der Waals surface area contributed by atoms with E-state index in [-0.39, 0.29) is 17.5 Å². The Labute approximate surface area is 121 Å². The molecule has 6 heteroatoms. The Bertz CT molecular complexity index is 659. The molecule has 0 spiro atoms. The van der Waals surface area contributed by atoms with Crippen LogP contribution in [-0.4, -0.2) is 15.9 Å². The van der Waals surface area contributed by atoms with Gasteiger partial charge in [0.2, 0.25) is 0 Å². The maximum Gasteiger partial charge on any atom is 0.256 e. The molecule has 1 aliphatic rings. The van der Waals surface area contributed by atoms with Crippen molar-refractivity contribution in [2.75, 3.05) is 5.32 Å². The standard InChI is InChI=1S/C14H16N4OS/c1-14(2,3)13-16-9(7-20-13)11-17-10-8(12(19)18-11)5-4-6-15-10/h4-7,11H,1-3H3,(H,15,17)(H,18,19)/t11-/m1/s1. The predicted molar refractivity (Wildman–Crippen MR) is 78.9 cm³/mol. The first-order valence-electron chi connectivity index (χ1n) is 6.43. The molecule has 2 aromatic heterocycles. The van der Waals surface area contributed by atoms with Crippen molar-refractivity contribution in [1.29, 1.82) is 0 Å². The molecule has 0 unspecified atom stereocenters. The molecule has 0 saturated heterocycles. The van der Waals surface area contributed by atoms with Gasteiger partial charge in [-0.05, 0) is 12.1 Å². The van der Waals surface area contributed by atoms with Crippen LogP contribution in [0.4, 0.5) is 5.82 Å². The normalized spacial score (nSPS) is 18.1. The second kappa shape index (κ2) is 4.56. The van der Waals surface area contributed by atoms with Gasteiger partial charge in [-0.1, -0.05) is 20.8 Å². The van der Waals surface area contributed by atoms with Gasteiger partial charge >= 0.3 is 0 Å². The van der Waals surface area contributed by atoms with Gasteiger partial charge in [-0.25, -0.2) is 9.97 Å². The average molecular weight is 288 g/mol. The Morgan fingerprint density at radius 2 is 2.10 bits per heavy atom. The Morgan fingerprint density at radius 3 is 2.80 bits per heavy atom. The lowest BCUT2D eigenvalue weighted by molar-refractivity contribution is 0.0934. The lowest BCUT2D eigenvalue weighted by atomic mass is 9.98. The van der Waals surface area contributed by atoms with E-state index < -0.39 is 0 Å². The number of nitrogens with one attached hydrogen (secondary N) is 2. The number of nitrogens with zero attached hydrogens (tertiary/aromatic N) is 2. The summed E-state index contributed by atoms with van der Waals surface area (Å²) in [6.45, 7) is 6.37. The minimum atomic E-state index is -0.322. The zero-order chi connectivity index (χ0) is 14.3. The SMILES string of the molecule is CC(C)(C)c1nc([C@H]2NC(=O)c3cccnc3N2)cs1. The first-order chi connectivity index (χ1) is 9.45. The average Bonchev–Trinajstić information content (AvgIpc) is 2.88. The van der Waals surface area contributed by atoms with E-state index in [9.17, 15) is 4.79 Å². The fourth-order valence-corrected chi connectivity index (χ4v) is 2.93. The smallest absolute Gasteiger partial charge is 0.256 e. The maximum absolute atomic E-state index is 12.1. The zero-order valence-electron chi connectivity index (χ0n) is 11.6. The second-order valence-electron chi connectivity index (χ2n) is 5.78. The third-order valence-corrected chi connectivity index (χ3v) is 4.35. The summed E-state index contributed by atoms with van der Waals surface area (Å²) >= 11 is 1.61. The molecule has 0 bridgehead atoms. The molecule has 1 atom stereocenters. The molecule has 104 valence electrons. The molecule has 2 aromatic rings. The molecular weight excluding hydrogens is 272 g/mol. The number of thiazole rings is 1. The van der Waals surface area contributed by atoms with Crippen molar-refractivity contribution < 1.29 is 4.79 Å². The van der Waals surface area contributed by atoms with Gasteiger partial charge in [-0.3, -0.25) is 4.79 Å². The quantitative estimate of drug-likeness (QED) is 0.846. The number of aromatic nitrogens is 2. The molecule has 1 amide bonds. The van der Waals surface area contributed by atoms with Gasteiger partial charge in [0.05, 0.1) is 16.3 Å². The van der Waals surface area contributed by atoms with Crippen molar-refractivity contribution in [1.82, 2.24) is 15.3 Å². The van der Waals surface area contributed by atoms with Gasteiger partial charge in [0.15, 0.2) is 0 Å². The molecule has 3 rings (SSSR count). The van der Waals surface area contributed by atoms with Gasteiger partial charge in [0, 0.05) is 17.0 Å². The Balaban J connectivity index is 1.90. The van der Waals surface area contributed by atoms with E-state index >= 15 is 0 Å². The Morgan fingerprint density at radius 1 is 1.30 bits per heavy atom. The van der Waals surface area contributed by atoms with E-state index in [2.05, 4.69) is 41.4 Å². The number of hydrogen-bond acceptors (Lipinski definition) is 5. The summed E-state index contributed by atoms with van der Waals surface area (Å²) in [5.74, 6) is 0.480. The van der Waals surface area contributed by atoms with Crippen molar-refractivity contribution >= 4 is 23.1 Å². The lowest BCUT2D eigenvalue weighted by Gasteiger charge is -2.25. The summed E-state index contributed by atoms with van der Waals surface area (Å²) in [4.78, 5) is 20.9. The molecule has 3 heterocycles. The van der Waals surface area contributed by atoms with Crippen LogP contribution in [-0.2, 0) is 5.41 Å². The van der Waals surface area contributed by atoms with Crippen molar-refractivity contribution in [2.24, 2.45) is 0 Å². The van der Waals surface area contributed by atoms with Gasteiger partial charge in [0.25, 0.3) is 5.91 Å². The van der Waals surface area contributed by atoms with E-state index in [0.717, 1.165) is 10.7 Å². The van der Waals surface area contributed by atoms with Gasteiger partial charge in [-0.15, -0.1) is 11.3 Å². The topological polar surface area (TPSA) is 66.9 Å². The molecule has 20 heavy (non-hydrogen) atoms. The van der Waals surface area contributed by atoms with Crippen LogP contribution < -0.4 is 10.6 Å². The largest absolute Gasteiger partial charge is 0.344 e. The first kappa shape index (κ1) is 13.1. The molecule has 0 saturated carbocycles. The van der Waals surface area contributed by atoms with Crippen LogP contribution >= 0.6 is 11.3 Å². The number of anilines is 1. The Kier molecular flexibility index (Phi) is 2.97. The zero-order valence-corrected chi connectivity index (χ0v) is 12.4. The fraction of sp³-hybridized carbons (Fsp3) is 0.357. The van der Waals surface area contributed by atoms with E-state index in [1.54, 1.807) is 29.7 Å². The number of carbonyl (C=O) groups excluding carboxylic acids is 1. The van der Waals surface area contributed by atoms with Crippen molar-refractivity contribution in [3.63, 3.8) is 0 Å². The minimum Gasteiger partial charge on any atom is -0.344 e. The maximum atomic E-state index is 12.1. The van der Waals surface area contributed by atoms with Crippen LogP contribution in [0.5, 0.6) is 0 Å². The monoisotopic (exact) mass is 288 g/mol. The minimum absolute atomic E-state index is 0.0117. The summed E-state index contributed by atoms with van der Waals surface area (Å²) < 4.78 is 0. The van der Waals surface area contributed by atoms with Crippen LogP contribution in [0, 0.1) is 0 Å². The van der Waals surface area contributed by atoms with Crippen LogP contribution in [0.1, 0.15) is 48.0 Å². The summed E-state index contributed by atoms with van der Waals surface area (Å²) in [5.41, 5.74) is 1.40. The van der Waals surface area contributed by atoms with Crippen LogP contribution in [0.2, 0.25) is 0 Å². The fourth-order valence-electron chi connectivity index (χ4n) is 2.00. The highest BCUT2D eigenvalue weighted by molar-refractivity contribution is 7.09. The molecule has 1 aliphatic heterocycles. The third kappa shape index (κ3) is 2.27. The predicted octanol–water partition coefficient (Wildman–Crippen LogP) is 2.69. The highest BCUT2D eigenvalue weighted by Crippen LogP contribution is 2.30.